The highest BCUT2D eigenvalue weighted by atomic mass is 16.5. The molecule has 25 heavy (non-hydrogen) atoms. The largest absolute Gasteiger partial charge is 0.392 e. The number of benzene rings is 1. The number of para-hydroxylation sites is 1. The van der Waals surface area contributed by atoms with Gasteiger partial charge in [-0.3, -0.25) is 4.79 Å². The van der Waals surface area contributed by atoms with Crippen LogP contribution in [-0.4, -0.2) is 53.0 Å². The summed E-state index contributed by atoms with van der Waals surface area (Å²) in [6, 6.07) is 7.59. The van der Waals surface area contributed by atoms with E-state index in [1.54, 1.807) is 0 Å². The van der Waals surface area contributed by atoms with Gasteiger partial charge in [0.1, 0.15) is 5.69 Å². The number of amides is 1. The maximum atomic E-state index is 12.7. The smallest absolute Gasteiger partial charge is 0.228 e. The standard InChI is InChI=1S/C19H24N2O4/c1-2-24-17-12-16(22)19(17)7-9-21(10-8-19)18(23)11-14-13-5-3-4-6-15(13)25-20-14/h3-6,16-17,22H,2,7-12H2,1H3/t16-,17+/m0/s1. The van der Waals surface area contributed by atoms with Crippen LogP contribution < -0.4 is 0 Å². The van der Waals surface area contributed by atoms with Crippen LogP contribution in [0.1, 0.15) is 31.9 Å². The summed E-state index contributed by atoms with van der Waals surface area (Å²) in [6.45, 7) is 3.98. The van der Waals surface area contributed by atoms with Crippen LogP contribution in [0.4, 0.5) is 0 Å². The number of hydrogen-bond donors (Lipinski definition) is 1. The Balaban J connectivity index is 1.40. The van der Waals surface area contributed by atoms with E-state index in [9.17, 15) is 9.90 Å². The molecule has 0 radical (unpaired) electrons. The van der Waals surface area contributed by atoms with E-state index in [0.29, 0.717) is 37.4 Å². The van der Waals surface area contributed by atoms with Crippen LogP contribution in [0.2, 0.25) is 0 Å². The van der Waals surface area contributed by atoms with Gasteiger partial charge in [0.2, 0.25) is 5.91 Å². The fraction of sp³-hybridized carbons (Fsp3) is 0.579. The Kier molecular flexibility index (Phi) is 4.25. The van der Waals surface area contributed by atoms with E-state index in [4.69, 9.17) is 9.26 Å². The molecule has 6 nitrogen and oxygen atoms in total. The summed E-state index contributed by atoms with van der Waals surface area (Å²) in [6.07, 6.45) is 2.38. The second kappa shape index (κ2) is 6.42. The zero-order valence-electron chi connectivity index (χ0n) is 14.5. The van der Waals surface area contributed by atoms with Gasteiger partial charge in [0, 0.05) is 36.9 Å². The maximum Gasteiger partial charge on any atom is 0.228 e. The Morgan fingerprint density at radius 2 is 2.16 bits per heavy atom. The number of rotatable bonds is 4. The van der Waals surface area contributed by atoms with Crippen LogP contribution in [0.3, 0.4) is 0 Å². The second-order valence-corrected chi connectivity index (χ2v) is 7.11. The third kappa shape index (κ3) is 2.73. The van der Waals surface area contributed by atoms with Crippen molar-refractivity contribution in [2.45, 2.75) is 44.8 Å². The first-order valence-corrected chi connectivity index (χ1v) is 9.05. The van der Waals surface area contributed by atoms with E-state index in [0.717, 1.165) is 18.2 Å². The number of piperidine rings is 1. The zero-order chi connectivity index (χ0) is 17.4. The van der Waals surface area contributed by atoms with E-state index in [2.05, 4.69) is 5.16 Å². The molecule has 1 N–H and O–H groups in total. The van der Waals surface area contributed by atoms with Gasteiger partial charge < -0.3 is 19.3 Å². The first-order chi connectivity index (χ1) is 12.1. The maximum absolute atomic E-state index is 12.7. The molecule has 2 heterocycles. The first kappa shape index (κ1) is 16.5. The van der Waals surface area contributed by atoms with Gasteiger partial charge in [-0.25, -0.2) is 0 Å². The molecule has 1 aromatic carbocycles. The molecule has 134 valence electrons. The summed E-state index contributed by atoms with van der Waals surface area (Å²) in [5.74, 6) is 0.0654. The predicted molar refractivity (Wildman–Crippen MR) is 92.0 cm³/mol. The van der Waals surface area contributed by atoms with E-state index in [1.165, 1.54) is 0 Å². The number of nitrogens with zero attached hydrogens (tertiary/aromatic N) is 2. The van der Waals surface area contributed by atoms with Crippen LogP contribution in [0.5, 0.6) is 0 Å². The highest BCUT2D eigenvalue weighted by molar-refractivity contribution is 5.86. The molecule has 1 aliphatic heterocycles. The molecule has 1 saturated carbocycles. The number of aliphatic hydroxyl groups excluding tert-OH is 1. The van der Waals surface area contributed by atoms with Crippen LogP contribution >= 0.6 is 0 Å². The van der Waals surface area contributed by atoms with Crippen molar-refractivity contribution in [1.82, 2.24) is 10.1 Å². The third-order valence-corrected chi connectivity index (χ3v) is 5.93. The van der Waals surface area contributed by atoms with Crippen molar-refractivity contribution < 1.29 is 19.2 Å². The lowest BCUT2D eigenvalue weighted by Crippen LogP contribution is -2.62. The number of aromatic nitrogens is 1. The highest BCUT2D eigenvalue weighted by Gasteiger charge is 2.56. The average molecular weight is 344 g/mol. The number of ether oxygens (including phenoxy) is 1. The van der Waals surface area contributed by atoms with E-state index in [-0.39, 0.29) is 30.0 Å². The molecule has 6 heteroatoms. The molecule has 1 aromatic heterocycles. The van der Waals surface area contributed by atoms with Crippen molar-refractivity contribution >= 4 is 16.9 Å². The number of fused-ring (bicyclic) bond motifs is 1. The molecule has 1 saturated heterocycles. The van der Waals surface area contributed by atoms with Gasteiger partial charge in [-0.2, -0.15) is 0 Å². The summed E-state index contributed by atoms with van der Waals surface area (Å²) in [5.41, 5.74) is 1.24. The minimum atomic E-state index is -0.305. The molecule has 1 spiro atoms. The van der Waals surface area contributed by atoms with Gasteiger partial charge in [0.05, 0.1) is 18.6 Å². The predicted octanol–water partition coefficient (Wildman–Crippen LogP) is 2.15. The molecular weight excluding hydrogens is 320 g/mol. The molecule has 2 aromatic rings. The zero-order valence-corrected chi connectivity index (χ0v) is 14.5. The minimum absolute atomic E-state index is 0.0654. The van der Waals surface area contributed by atoms with Gasteiger partial charge in [-0.15, -0.1) is 0 Å². The van der Waals surface area contributed by atoms with Crippen LogP contribution in [0, 0.1) is 5.41 Å². The number of aliphatic hydroxyl groups is 1. The summed E-state index contributed by atoms with van der Waals surface area (Å²) in [7, 11) is 0. The lowest BCUT2D eigenvalue weighted by atomic mass is 9.58. The fourth-order valence-electron chi connectivity index (χ4n) is 4.31. The molecule has 0 bridgehead atoms. The Morgan fingerprint density at radius 1 is 1.40 bits per heavy atom. The van der Waals surface area contributed by atoms with Crippen molar-refractivity contribution in [3.63, 3.8) is 0 Å². The highest BCUT2D eigenvalue weighted by Crippen LogP contribution is 2.50. The van der Waals surface area contributed by atoms with Crippen molar-refractivity contribution in [3.8, 4) is 0 Å². The van der Waals surface area contributed by atoms with Crippen LogP contribution in [-0.2, 0) is 16.0 Å². The SMILES string of the molecule is CCO[C@@H]1C[C@H](O)C12CCN(C(=O)Cc1noc3ccccc13)CC2. The van der Waals surface area contributed by atoms with Crippen LogP contribution in [0.15, 0.2) is 28.8 Å². The van der Waals surface area contributed by atoms with Crippen molar-refractivity contribution in [2.75, 3.05) is 19.7 Å². The van der Waals surface area contributed by atoms with E-state index in [1.807, 2.05) is 36.1 Å². The fourth-order valence-corrected chi connectivity index (χ4v) is 4.31. The second-order valence-electron chi connectivity index (χ2n) is 7.11. The monoisotopic (exact) mass is 344 g/mol. The number of hydrogen-bond acceptors (Lipinski definition) is 5. The summed E-state index contributed by atoms with van der Waals surface area (Å²) in [4.78, 5) is 14.5. The summed E-state index contributed by atoms with van der Waals surface area (Å²) >= 11 is 0. The van der Waals surface area contributed by atoms with E-state index < -0.39 is 0 Å². The molecule has 2 atom stereocenters. The van der Waals surface area contributed by atoms with Gasteiger partial charge in [0.25, 0.3) is 0 Å². The van der Waals surface area contributed by atoms with Gasteiger partial charge in [-0.1, -0.05) is 17.3 Å². The lowest BCUT2D eigenvalue weighted by Gasteiger charge is -2.56. The normalized spacial score (nSPS) is 25.3. The molecule has 2 fully saturated rings. The molecule has 2 aliphatic rings. The van der Waals surface area contributed by atoms with Gasteiger partial charge in [0.15, 0.2) is 5.58 Å². The average Bonchev–Trinajstić information content (AvgIpc) is 3.05. The third-order valence-electron chi connectivity index (χ3n) is 5.93. The molecule has 1 amide bonds. The van der Waals surface area contributed by atoms with Gasteiger partial charge in [-0.05, 0) is 31.9 Å². The molecule has 4 rings (SSSR count). The topological polar surface area (TPSA) is 75.8 Å². The number of likely N-dealkylation sites (tertiary alicyclic amines) is 1. The summed E-state index contributed by atoms with van der Waals surface area (Å²) in [5, 5.41) is 15.2. The Morgan fingerprint density at radius 3 is 2.88 bits per heavy atom. The quantitative estimate of drug-likeness (QED) is 0.920. The number of carbonyl (C=O) groups is 1. The van der Waals surface area contributed by atoms with Crippen molar-refractivity contribution in [3.05, 3.63) is 30.0 Å². The van der Waals surface area contributed by atoms with Crippen molar-refractivity contribution in [2.24, 2.45) is 5.41 Å². The summed E-state index contributed by atoms with van der Waals surface area (Å²) < 4.78 is 11.1. The Labute approximate surface area is 146 Å². The Bertz CT molecular complexity index is 762. The van der Waals surface area contributed by atoms with Crippen molar-refractivity contribution in [1.29, 1.82) is 0 Å². The van der Waals surface area contributed by atoms with Crippen LogP contribution in [0.25, 0.3) is 11.0 Å². The van der Waals surface area contributed by atoms with Gasteiger partial charge >= 0.3 is 0 Å². The van der Waals surface area contributed by atoms with E-state index >= 15 is 0 Å². The first-order valence-electron chi connectivity index (χ1n) is 9.05. The molecule has 0 unspecified atom stereocenters. The molecule has 1 aliphatic carbocycles. The Hall–Kier alpha value is -1.92. The lowest BCUT2D eigenvalue weighted by molar-refractivity contribution is -0.210. The molecular formula is C19H24N2O4. The number of carbonyl (C=O) groups excluding carboxylic acids is 1. The minimum Gasteiger partial charge on any atom is -0.392 e.